The Kier molecular flexibility index (Phi) is 1.74. The molecule has 1 rings (SSSR count). The molecule has 1 aliphatic rings. The number of rotatable bonds is 2. The Morgan fingerprint density at radius 3 is 2.78 bits per heavy atom. The molecule has 1 fully saturated rings. The van der Waals surface area contributed by atoms with E-state index in [-0.39, 0.29) is 0 Å². The third-order valence-electron chi connectivity index (χ3n) is 1.97. The van der Waals surface area contributed by atoms with Gasteiger partial charge in [-0.15, -0.1) is 0 Å². The number of β-lactam (4-membered cyclic amide) rings is 1. The SMILES string of the molecule is CCCC1CC(=O)N1C. The standard InChI is InChI=1S/C7H13NO/c1-3-4-6-5-7(9)8(6)2/h6H,3-5H2,1-2H3. The lowest BCUT2D eigenvalue weighted by Gasteiger charge is -2.37. The van der Waals surface area contributed by atoms with Gasteiger partial charge in [-0.2, -0.15) is 0 Å². The minimum atomic E-state index is 0.299. The van der Waals surface area contributed by atoms with Crippen LogP contribution in [0.15, 0.2) is 0 Å². The molecule has 0 aromatic rings. The van der Waals surface area contributed by atoms with E-state index in [9.17, 15) is 4.79 Å². The van der Waals surface area contributed by atoms with Gasteiger partial charge < -0.3 is 4.90 Å². The molecule has 0 aromatic heterocycles. The highest BCUT2D eigenvalue weighted by atomic mass is 16.2. The van der Waals surface area contributed by atoms with E-state index in [1.165, 1.54) is 12.8 Å². The average molecular weight is 127 g/mol. The Morgan fingerprint density at radius 2 is 2.44 bits per heavy atom. The summed E-state index contributed by atoms with van der Waals surface area (Å²) in [5.41, 5.74) is 0. The van der Waals surface area contributed by atoms with E-state index in [1.807, 2.05) is 11.9 Å². The first-order valence-electron chi connectivity index (χ1n) is 3.51. The van der Waals surface area contributed by atoms with Gasteiger partial charge in [0.05, 0.1) is 0 Å². The second-order valence-electron chi connectivity index (χ2n) is 2.65. The molecule has 0 aliphatic carbocycles. The van der Waals surface area contributed by atoms with Gasteiger partial charge in [-0.3, -0.25) is 4.79 Å². The van der Waals surface area contributed by atoms with Gasteiger partial charge in [0.2, 0.25) is 5.91 Å². The summed E-state index contributed by atoms with van der Waals surface area (Å²) in [7, 11) is 1.88. The van der Waals surface area contributed by atoms with Crippen molar-refractivity contribution in [2.75, 3.05) is 7.05 Å². The number of carbonyl (C=O) groups excluding carboxylic acids is 1. The van der Waals surface area contributed by atoms with Crippen LogP contribution in [0.5, 0.6) is 0 Å². The van der Waals surface area contributed by atoms with Gasteiger partial charge in [0, 0.05) is 19.5 Å². The quantitative estimate of drug-likeness (QED) is 0.507. The van der Waals surface area contributed by atoms with Crippen molar-refractivity contribution in [3.05, 3.63) is 0 Å². The van der Waals surface area contributed by atoms with Gasteiger partial charge in [-0.1, -0.05) is 13.3 Å². The van der Waals surface area contributed by atoms with Crippen LogP contribution in [-0.4, -0.2) is 23.9 Å². The summed E-state index contributed by atoms with van der Waals surface area (Å²) in [5, 5.41) is 0. The van der Waals surface area contributed by atoms with E-state index < -0.39 is 0 Å². The molecular formula is C7H13NO. The zero-order chi connectivity index (χ0) is 6.85. The molecule has 0 aromatic carbocycles. The zero-order valence-corrected chi connectivity index (χ0v) is 6.05. The maximum atomic E-state index is 10.6. The number of amides is 1. The van der Waals surface area contributed by atoms with Crippen molar-refractivity contribution in [2.45, 2.75) is 32.2 Å². The van der Waals surface area contributed by atoms with Crippen molar-refractivity contribution < 1.29 is 4.79 Å². The number of hydrogen-bond donors (Lipinski definition) is 0. The highest BCUT2D eigenvalue weighted by molar-refractivity contribution is 5.82. The topological polar surface area (TPSA) is 20.3 Å². The Morgan fingerprint density at radius 1 is 1.78 bits per heavy atom. The molecule has 1 saturated heterocycles. The summed E-state index contributed by atoms with van der Waals surface area (Å²) in [6.45, 7) is 2.15. The minimum absolute atomic E-state index is 0.299. The predicted octanol–water partition coefficient (Wildman–Crippen LogP) is 1.02. The highest BCUT2D eigenvalue weighted by Gasteiger charge is 2.31. The molecule has 0 spiro atoms. The Labute approximate surface area is 55.8 Å². The van der Waals surface area contributed by atoms with Crippen molar-refractivity contribution in [3.8, 4) is 0 Å². The second kappa shape index (κ2) is 2.38. The number of nitrogens with zero attached hydrogens (tertiary/aromatic N) is 1. The van der Waals surface area contributed by atoms with Crippen LogP contribution >= 0.6 is 0 Å². The van der Waals surface area contributed by atoms with Crippen LogP contribution in [0.2, 0.25) is 0 Å². The van der Waals surface area contributed by atoms with E-state index in [0.29, 0.717) is 11.9 Å². The van der Waals surface area contributed by atoms with E-state index in [1.54, 1.807) is 0 Å². The lowest BCUT2D eigenvalue weighted by molar-refractivity contribution is -0.143. The largest absolute Gasteiger partial charge is 0.342 e. The molecule has 2 nitrogen and oxygen atoms in total. The van der Waals surface area contributed by atoms with E-state index in [2.05, 4.69) is 6.92 Å². The molecule has 52 valence electrons. The molecule has 0 saturated carbocycles. The first-order chi connectivity index (χ1) is 4.25. The number of carbonyl (C=O) groups is 1. The summed E-state index contributed by atoms with van der Waals surface area (Å²) < 4.78 is 0. The summed E-state index contributed by atoms with van der Waals surface area (Å²) in [6.07, 6.45) is 3.13. The first-order valence-corrected chi connectivity index (χ1v) is 3.51. The molecule has 1 atom stereocenters. The molecule has 1 aliphatic heterocycles. The molecule has 0 bridgehead atoms. The molecule has 1 unspecified atom stereocenters. The Hall–Kier alpha value is -0.530. The molecule has 2 heteroatoms. The Bertz CT molecular complexity index is 122. The fraction of sp³-hybridized carbons (Fsp3) is 0.857. The van der Waals surface area contributed by atoms with Crippen LogP contribution in [0.1, 0.15) is 26.2 Å². The van der Waals surface area contributed by atoms with E-state index in [4.69, 9.17) is 0 Å². The second-order valence-corrected chi connectivity index (χ2v) is 2.65. The van der Waals surface area contributed by atoms with Gasteiger partial charge in [0.1, 0.15) is 0 Å². The monoisotopic (exact) mass is 127 g/mol. The van der Waals surface area contributed by atoms with Gasteiger partial charge in [-0.25, -0.2) is 0 Å². The van der Waals surface area contributed by atoms with Gasteiger partial charge in [0.25, 0.3) is 0 Å². The molecule has 9 heavy (non-hydrogen) atoms. The Balaban J connectivity index is 2.25. The van der Waals surface area contributed by atoms with Crippen LogP contribution in [0.3, 0.4) is 0 Å². The third kappa shape index (κ3) is 1.07. The summed E-state index contributed by atoms with van der Waals surface area (Å²) in [4.78, 5) is 12.5. The van der Waals surface area contributed by atoms with Gasteiger partial charge in [-0.05, 0) is 6.42 Å². The lowest BCUT2D eigenvalue weighted by atomic mass is 9.99. The van der Waals surface area contributed by atoms with Crippen molar-refractivity contribution >= 4 is 5.91 Å². The van der Waals surface area contributed by atoms with Crippen molar-refractivity contribution in [3.63, 3.8) is 0 Å². The average Bonchev–Trinajstić information content (AvgIpc) is 1.88. The van der Waals surface area contributed by atoms with Gasteiger partial charge >= 0.3 is 0 Å². The van der Waals surface area contributed by atoms with Crippen molar-refractivity contribution in [2.24, 2.45) is 0 Å². The van der Waals surface area contributed by atoms with Gasteiger partial charge in [0.15, 0.2) is 0 Å². The molecule has 1 amide bonds. The molecule has 0 N–H and O–H groups in total. The molecule has 1 heterocycles. The normalized spacial score (nSPS) is 26.2. The summed E-state index contributed by atoms with van der Waals surface area (Å²) in [5.74, 6) is 0.299. The predicted molar refractivity (Wildman–Crippen MR) is 36.1 cm³/mol. The van der Waals surface area contributed by atoms with E-state index in [0.717, 1.165) is 6.42 Å². The fourth-order valence-electron chi connectivity index (χ4n) is 1.20. The first kappa shape index (κ1) is 6.59. The maximum absolute atomic E-state index is 10.6. The van der Waals surface area contributed by atoms with Crippen LogP contribution in [-0.2, 0) is 4.79 Å². The minimum Gasteiger partial charge on any atom is -0.342 e. The maximum Gasteiger partial charge on any atom is 0.224 e. The zero-order valence-electron chi connectivity index (χ0n) is 6.05. The summed E-state index contributed by atoms with van der Waals surface area (Å²) >= 11 is 0. The fourth-order valence-corrected chi connectivity index (χ4v) is 1.20. The number of hydrogen-bond acceptors (Lipinski definition) is 1. The van der Waals surface area contributed by atoms with Crippen molar-refractivity contribution in [1.29, 1.82) is 0 Å². The number of likely N-dealkylation sites (tertiary alicyclic amines) is 1. The van der Waals surface area contributed by atoms with Crippen molar-refractivity contribution in [1.82, 2.24) is 4.90 Å². The van der Waals surface area contributed by atoms with Crippen LogP contribution < -0.4 is 0 Å². The molecule has 0 radical (unpaired) electrons. The third-order valence-corrected chi connectivity index (χ3v) is 1.97. The van der Waals surface area contributed by atoms with Crippen LogP contribution in [0.4, 0.5) is 0 Å². The van der Waals surface area contributed by atoms with E-state index >= 15 is 0 Å². The highest BCUT2D eigenvalue weighted by Crippen LogP contribution is 2.20. The summed E-state index contributed by atoms with van der Waals surface area (Å²) in [6, 6.07) is 0.558. The molecular weight excluding hydrogens is 114 g/mol. The van der Waals surface area contributed by atoms with Crippen LogP contribution in [0.25, 0.3) is 0 Å². The smallest absolute Gasteiger partial charge is 0.224 e. The lowest BCUT2D eigenvalue weighted by Crippen LogP contribution is -2.49. The van der Waals surface area contributed by atoms with Crippen LogP contribution in [0, 0.1) is 0 Å².